The molecule has 7 nitrogen and oxygen atoms in total. The first-order valence-electron chi connectivity index (χ1n) is 10.1. The number of piperidine rings is 1. The van der Waals surface area contributed by atoms with Crippen molar-refractivity contribution in [2.45, 2.75) is 39.2 Å². The van der Waals surface area contributed by atoms with Crippen molar-refractivity contribution in [2.24, 2.45) is 5.92 Å². The normalized spacial score (nSPS) is 18.8. The molecule has 4 rings (SSSR count). The van der Waals surface area contributed by atoms with Crippen LogP contribution in [0.4, 0.5) is 0 Å². The van der Waals surface area contributed by atoms with Crippen molar-refractivity contribution in [3.63, 3.8) is 0 Å². The Morgan fingerprint density at radius 2 is 2.14 bits per heavy atom. The van der Waals surface area contributed by atoms with Gasteiger partial charge in [-0.15, -0.1) is 5.10 Å². The van der Waals surface area contributed by atoms with Crippen LogP contribution in [0.5, 0.6) is 5.88 Å². The molecule has 0 amide bonds. The van der Waals surface area contributed by atoms with Crippen molar-refractivity contribution in [3.05, 3.63) is 46.6 Å². The highest BCUT2D eigenvalue weighted by Gasteiger charge is 2.35. The lowest BCUT2D eigenvalue weighted by Crippen LogP contribution is -2.41. The zero-order valence-electron chi connectivity index (χ0n) is 16.7. The Morgan fingerprint density at radius 3 is 2.83 bits per heavy atom. The molecule has 0 unspecified atom stereocenters. The number of carbonyl (C=O) groups is 1. The summed E-state index contributed by atoms with van der Waals surface area (Å²) in [5.74, 6) is 0.563. The number of benzene rings is 1. The maximum Gasteiger partial charge on any atom is 0.310 e. The summed E-state index contributed by atoms with van der Waals surface area (Å²) in [6.45, 7) is 5.68. The minimum Gasteiger partial charge on any atom is -0.492 e. The van der Waals surface area contributed by atoms with Crippen molar-refractivity contribution in [2.75, 3.05) is 19.7 Å². The molecule has 1 aliphatic heterocycles. The molecule has 0 bridgehead atoms. The Morgan fingerprint density at radius 1 is 1.34 bits per heavy atom. The lowest BCUT2D eigenvalue weighted by atomic mass is 9.94. The fourth-order valence-corrected chi connectivity index (χ4v) is 5.11. The second-order valence-electron chi connectivity index (χ2n) is 7.27. The van der Waals surface area contributed by atoms with Gasteiger partial charge in [-0.1, -0.05) is 48.6 Å². The summed E-state index contributed by atoms with van der Waals surface area (Å²) in [7, 11) is 0. The number of ether oxygens (including phenoxy) is 1. The molecule has 2 aromatic heterocycles. The number of esters is 1. The molecule has 1 saturated heterocycles. The van der Waals surface area contributed by atoms with E-state index in [0.717, 1.165) is 42.1 Å². The first-order valence-corrected chi connectivity index (χ1v) is 11.0. The van der Waals surface area contributed by atoms with E-state index in [1.807, 2.05) is 32.0 Å². The van der Waals surface area contributed by atoms with Gasteiger partial charge in [0.1, 0.15) is 0 Å². The monoisotopic (exact) mass is 414 g/mol. The zero-order chi connectivity index (χ0) is 20.4. The third kappa shape index (κ3) is 3.86. The summed E-state index contributed by atoms with van der Waals surface area (Å²) in [6, 6.07) is 9.94. The maximum atomic E-state index is 12.4. The minimum absolute atomic E-state index is 0.129. The smallest absolute Gasteiger partial charge is 0.310 e. The SMILES string of the molecule is CCOC(=O)[C@H]1CCCN([C@@H](c2ccccc2)c2sc3nc(CC)nn3c2O)C1. The number of aromatic hydroxyl groups is 1. The van der Waals surface area contributed by atoms with Crippen LogP contribution in [0.2, 0.25) is 0 Å². The summed E-state index contributed by atoms with van der Waals surface area (Å²) in [4.78, 5) is 20.6. The average Bonchev–Trinajstić information content (AvgIpc) is 3.29. The van der Waals surface area contributed by atoms with Crippen molar-refractivity contribution in [1.82, 2.24) is 19.5 Å². The standard InChI is InChI=1S/C21H26N4O3S/c1-3-16-22-21-25(23-16)19(26)18(29-21)17(14-9-6-5-7-10-14)24-12-8-11-15(13-24)20(27)28-4-2/h5-7,9-10,15,17,26H,3-4,8,11-13H2,1-2H3/t15-,17-/m0/s1. The Bertz CT molecular complexity index is 985. The number of aryl methyl sites for hydroxylation is 1. The van der Waals surface area contributed by atoms with E-state index in [9.17, 15) is 9.90 Å². The quantitative estimate of drug-likeness (QED) is 0.623. The molecule has 3 heterocycles. The van der Waals surface area contributed by atoms with Gasteiger partial charge in [0, 0.05) is 13.0 Å². The van der Waals surface area contributed by atoms with Crippen molar-refractivity contribution in [1.29, 1.82) is 0 Å². The van der Waals surface area contributed by atoms with Gasteiger partial charge in [-0.3, -0.25) is 9.69 Å². The number of fused-ring (bicyclic) bond motifs is 1. The van der Waals surface area contributed by atoms with Crippen LogP contribution in [0.3, 0.4) is 0 Å². The highest BCUT2D eigenvalue weighted by atomic mass is 32.1. The van der Waals surface area contributed by atoms with E-state index in [0.29, 0.717) is 18.1 Å². The number of hydrogen-bond acceptors (Lipinski definition) is 7. The molecular formula is C21H26N4O3S. The Labute approximate surface area is 173 Å². The molecule has 3 aromatic rings. The predicted octanol–water partition coefficient (Wildman–Crippen LogP) is 3.42. The number of thiazole rings is 1. The van der Waals surface area contributed by atoms with Gasteiger partial charge in [0.05, 0.1) is 23.4 Å². The molecule has 29 heavy (non-hydrogen) atoms. The molecule has 1 N–H and O–H groups in total. The van der Waals surface area contributed by atoms with Gasteiger partial charge < -0.3 is 9.84 Å². The van der Waals surface area contributed by atoms with E-state index < -0.39 is 0 Å². The molecule has 0 aliphatic carbocycles. The highest BCUT2D eigenvalue weighted by Crippen LogP contribution is 2.41. The molecule has 0 radical (unpaired) electrons. The molecule has 0 spiro atoms. The fraction of sp³-hybridized carbons (Fsp3) is 0.476. The van der Waals surface area contributed by atoms with Gasteiger partial charge in [-0.25, -0.2) is 4.98 Å². The number of nitrogens with zero attached hydrogens (tertiary/aromatic N) is 4. The molecule has 1 fully saturated rings. The van der Waals surface area contributed by atoms with Crippen molar-refractivity contribution >= 4 is 22.3 Å². The minimum atomic E-state index is -0.160. The van der Waals surface area contributed by atoms with Gasteiger partial charge >= 0.3 is 5.97 Å². The Kier molecular flexibility index (Phi) is 5.82. The third-order valence-corrected chi connectivity index (χ3v) is 6.43. The second-order valence-corrected chi connectivity index (χ2v) is 8.27. The second kappa shape index (κ2) is 8.51. The van der Waals surface area contributed by atoms with Crippen LogP contribution < -0.4 is 0 Å². The predicted molar refractivity (Wildman–Crippen MR) is 111 cm³/mol. The van der Waals surface area contributed by atoms with Gasteiger partial charge in [-0.2, -0.15) is 4.52 Å². The van der Waals surface area contributed by atoms with Crippen LogP contribution in [-0.4, -0.2) is 50.3 Å². The average molecular weight is 415 g/mol. The van der Waals surface area contributed by atoms with Crippen LogP contribution in [-0.2, 0) is 16.0 Å². The van der Waals surface area contributed by atoms with Crippen molar-refractivity contribution < 1.29 is 14.6 Å². The summed E-state index contributed by atoms with van der Waals surface area (Å²) in [5.41, 5.74) is 1.08. The lowest BCUT2D eigenvalue weighted by Gasteiger charge is -2.37. The molecular weight excluding hydrogens is 388 g/mol. The van der Waals surface area contributed by atoms with Crippen LogP contribution in [0.15, 0.2) is 30.3 Å². The lowest BCUT2D eigenvalue weighted by molar-refractivity contribution is -0.150. The van der Waals surface area contributed by atoms with E-state index in [1.165, 1.54) is 15.9 Å². The summed E-state index contributed by atoms with van der Waals surface area (Å²) in [5, 5.41) is 15.4. The first-order chi connectivity index (χ1) is 14.1. The van der Waals surface area contributed by atoms with Gasteiger partial charge in [0.15, 0.2) is 5.82 Å². The van der Waals surface area contributed by atoms with Crippen LogP contribution >= 0.6 is 11.3 Å². The van der Waals surface area contributed by atoms with Crippen LogP contribution in [0, 0.1) is 5.92 Å². The number of likely N-dealkylation sites (tertiary alicyclic amines) is 1. The third-order valence-electron chi connectivity index (χ3n) is 5.36. The van der Waals surface area contributed by atoms with Crippen molar-refractivity contribution in [3.8, 4) is 5.88 Å². The molecule has 8 heteroatoms. The highest BCUT2D eigenvalue weighted by molar-refractivity contribution is 7.17. The maximum absolute atomic E-state index is 12.4. The molecule has 2 atom stereocenters. The van der Waals surface area contributed by atoms with Crippen LogP contribution in [0.25, 0.3) is 4.96 Å². The molecule has 1 aliphatic rings. The number of carbonyl (C=O) groups excluding carboxylic acids is 1. The topological polar surface area (TPSA) is 80.0 Å². The largest absolute Gasteiger partial charge is 0.492 e. The van der Waals surface area contributed by atoms with E-state index in [2.05, 4.69) is 27.1 Å². The van der Waals surface area contributed by atoms with Gasteiger partial charge in [0.2, 0.25) is 10.8 Å². The van der Waals surface area contributed by atoms with E-state index in [4.69, 9.17) is 4.74 Å². The van der Waals surface area contributed by atoms with Crippen LogP contribution in [0.1, 0.15) is 49.0 Å². The Hall–Kier alpha value is -2.45. The van der Waals surface area contributed by atoms with E-state index in [-0.39, 0.29) is 23.8 Å². The number of aromatic nitrogens is 3. The summed E-state index contributed by atoms with van der Waals surface area (Å²) >= 11 is 1.46. The van der Waals surface area contributed by atoms with E-state index in [1.54, 1.807) is 0 Å². The Balaban J connectivity index is 1.72. The fourth-order valence-electron chi connectivity index (χ4n) is 3.98. The number of hydrogen-bond donors (Lipinski definition) is 1. The summed E-state index contributed by atoms with van der Waals surface area (Å²) in [6.07, 6.45) is 2.46. The first kappa shape index (κ1) is 19.8. The van der Waals surface area contributed by atoms with Gasteiger partial charge in [-0.05, 0) is 31.9 Å². The summed E-state index contributed by atoms with van der Waals surface area (Å²) < 4.78 is 6.80. The molecule has 0 saturated carbocycles. The molecule has 1 aromatic carbocycles. The van der Waals surface area contributed by atoms with Gasteiger partial charge in [0.25, 0.3) is 0 Å². The molecule has 154 valence electrons. The number of rotatable bonds is 6. The zero-order valence-corrected chi connectivity index (χ0v) is 17.6. The van der Waals surface area contributed by atoms with E-state index >= 15 is 0 Å².